The summed E-state index contributed by atoms with van der Waals surface area (Å²) in [5, 5.41) is 0. The van der Waals surface area contributed by atoms with Gasteiger partial charge in [0.15, 0.2) is 11.5 Å². The van der Waals surface area contributed by atoms with Gasteiger partial charge in [-0.05, 0) is 12.5 Å². The zero-order valence-corrected chi connectivity index (χ0v) is 5.95. The van der Waals surface area contributed by atoms with Crippen molar-refractivity contribution in [3.8, 4) is 0 Å². The number of hydrogen-bond acceptors (Lipinski definition) is 3. The molecule has 0 bridgehead atoms. The molecule has 0 amide bonds. The summed E-state index contributed by atoms with van der Waals surface area (Å²) in [6, 6.07) is 0. The second kappa shape index (κ2) is 2.51. The lowest BCUT2D eigenvalue weighted by Gasteiger charge is -1.91. The van der Waals surface area contributed by atoms with Crippen molar-refractivity contribution in [2.45, 2.75) is 12.7 Å². The molecule has 1 saturated heterocycles. The highest BCUT2D eigenvalue weighted by Crippen LogP contribution is 2.28. The molecule has 0 N–H and O–H groups in total. The van der Waals surface area contributed by atoms with Crippen LogP contribution in [-0.4, -0.2) is 18.7 Å². The predicted molar refractivity (Wildman–Crippen MR) is 37.7 cm³/mol. The molecule has 2 heterocycles. The van der Waals surface area contributed by atoms with Gasteiger partial charge >= 0.3 is 0 Å². The van der Waals surface area contributed by atoms with E-state index >= 15 is 0 Å². The molecule has 2 aliphatic heterocycles. The van der Waals surface area contributed by atoms with Gasteiger partial charge in [-0.3, -0.25) is 4.79 Å². The Morgan fingerprint density at radius 1 is 1.55 bits per heavy atom. The predicted octanol–water partition coefficient (Wildman–Crippen LogP) is 0.772. The summed E-state index contributed by atoms with van der Waals surface area (Å²) >= 11 is 0. The van der Waals surface area contributed by atoms with Crippen molar-refractivity contribution in [1.29, 1.82) is 0 Å². The Hall–Kier alpha value is -1.09. The smallest absolute Gasteiger partial charge is 0.258 e. The summed E-state index contributed by atoms with van der Waals surface area (Å²) in [5.41, 5.74) is 0. The highest BCUT2D eigenvalue weighted by Gasteiger charge is 2.34. The van der Waals surface area contributed by atoms with Crippen molar-refractivity contribution in [2.24, 2.45) is 0 Å². The molecule has 1 fully saturated rings. The molecule has 58 valence electrons. The normalized spacial score (nSPS) is 28.9. The van der Waals surface area contributed by atoms with E-state index in [9.17, 15) is 4.79 Å². The molecular formula is C8H8O3. The monoisotopic (exact) mass is 152 g/mol. The molecule has 0 aromatic carbocycles. The highest BCUT2D eigenvalue weighted by molar-refractivity contribution is 5.99. The second-order valence-electron chi connectivity index (χ2n) is 2.46. The quantitative estimate of drug-likeness (QED) is 0.481. The van der Waals surface area contributed by atoms with Crippen LogP contribution in [0.5, 0.6) is 0 Å². The zero-order chi connectivity index (χ0) is 7.68. The van der Waals surface area contributed by atoms with Gasteiger partial charge in [0.1, 0.15) is 0 Å². The van der Waals surface area contributed by atoms with Crippen LogP contribution in [0.1, 0.15) is 6.42 Å². The third-order valence-electron chi connectivity index (χ3n) is 1.54. The Morgan fingerprint density at radius 2 is 2.45 bits per heavy atom. The molecule has 0 aliphatic carbocycles. The fourth-order valence-corrected chi connectivity index (χ4v) is 0.939. The van der Waals surface area contributed by atoms with Crippen LogP contribution in [0, 0.1) is 0 Å². The molecule has 11 heavy (non-hydrogen) atoms. The van der Waals surface area contributed by atoms with Crippen molar-refractivity contribution in [3.05, 3.63) is 24.0 Å². The van der Waals surface area contributed by atoms with Crippen molar-refractivity contribution in [2.75, 3.05) is 6.61 Å². The Labute approximate surface area is 64.3 Å². The van der Waals surface area contributed by atoms with Crippen molar-refractivity contribution < 1.29 is 14.3 Å². The van der Waals surface area contributed by atoms with Gasteiger partial charge in [0.25, 0.3) is 6.29 Å². The summed E-state index contributed by atoms with van der Waals surface area (Å²) < 4.78 is 10.1. The molecule has 0 saturated carbocycles. The van der Waals surface area contributed by atoms with Crippen molar-refractivity contribution >= 4 is 5.78 Å². The molecule has 1 unspecified atom stereocenters. The third-order valence-corrected chi connectivity index (χ3v) is 1.54. The molecule has 1 atom stereocenters. The largest absolute Gasteiger partial charge is 0.455 e. The van der Waals surface area contributed by atoms with E-state index in [0.29, 0.717) is 12.4 Å². The molecule has 0 aromatic rings. The van der Waals surface area contributed by atoms with Gasteiger partial charge in [-0.1, -0.05) is 6.08 Å². The van der Waals surface area contributed by atoms with E-state index in [1.165, 1.54) is 6.08 Å². The first-order chi connectivity index (χ1) is 5.36. The van der Waals surface area contributed by atoms with Crippen LogP contribution in [0.4, 0.5) is 0 Å². The van der Waals surface area contributed by atoms with E-state index in [0.717, 1.165) is 6.42 Å². The Kier molecular flexibility index (Phi) is 1.51. The maximum atomic E-state index is 10.9. The summed E-state index contributed by atoms with van der Waals surface area (Å²) in [6.07, 6.45) is 5.35. The second-order valence-corrected chi connectivity index (χ2v) is 2.46. The van der Waals surface area contributed by atoms with Crippen LogP contribution in [-0.2, 0) is 14.3 Å². The minimum absolute atomic E-state index is 0.0204. The average molecular weight is 152 g/mol. The van der Waals surface area contributed by atoms with Crippen LogP contribution in [0.3, 0.4) is 0 Å². The lowest BCUT2D eigenvalue weighted by Crippen LogP contribution is -1.94. The fourth-order valence-electron chi connectivity index (χ4n) is 0.939. The molecule has 2 aliphatic rings. The maximum Gasteiger partial charge on any atom is 0.258 e. The summed E-state index contributed by atoms with van der Waals surface area (Å²) in [4.78, 5) is 10.9. The Bertz CT molecular complexity index is 240. The van der Waals surface area contributed by atoms with Crippen LogP contribution >= 0.6 is 0 Å². The van der Waals surface area contributed by atoms with E-state index in [-0.39, 0.29) is 12.1 Å². The third kappa shape index (κ3) is 1.49. The molecule has 2 rings (SSSR count). The van der Waals surface area contributed by atoms with Crippen LogP contribution < -0.4 is 0 Å². The number of carbonyl (C=O) groups is 1. The number of rotatable bonds is 0. The fraction of sp³-hybridized carbons (Fsp3) is 0.375. The minimum atomic E-state index is -0.237. The highest BCUT2D eigenvalue weighted by atomic mass is 16.8. The van der Waals surface area contributed by atoms with E-state index in [2.05, 4.69) is 0 Å². The topological polar surface area (TPSA) is 38.8 Å². The number of allylic oxidation sites excluding steroid dienone is 2. The van der Waals surface area contributed by atoms with Crippen LogP contribution in [0.2, 0.25) is 0 Å². The Morgan fingerprint density at radius 3 is 3.36 bits per heavy atom. The first-order valence-corrected chi connectivity index (χ1v) is 3.56. The minimum Gasteiger partial charge on any atom is -0.455 e. The molecule has 0 aromatic heterocycles. The van der Waals surface area contributed by atoms with Crippen molar-refractivity contribution in [3.63, 3.8) is 0 Å². The van der Waals surface area contributed by atoms with Gasteiger partial charge in [0.2, 0.25) is 0 Å². The summed E-state index contributed by atoms with van der Waals surface area (Å²) in [5.74, 6) is 0.634. The van der Waals surface area contributed by atoms with Gasteiger partial charge in [-0.2, -0.15) is 0 Å². The SMILES string of the molecule is O=C1C=CCCOC2OC2=C1. The number of epoxide rings is 1. The summed E-state index contributed by atoms with van der Waals surface area (Å²) in [7, 11) is 0. The number of hydrogen-bond donors (Lipinski definition) is 0. The van der Waals surface area contributed by atoms with Gasteiger partial charge in [-0.25, -0.2) is 0 Å². The molecule has 0 radical (unpaired) electrons. The van der Waals surface area contributed by atoms with E-state index in [4.69, 9.17) is 9.47 Å². The van der Waals surface area contributed by atoms with Gasteiger partial charge in [-0.15, -0.1) is 0 Å². The zero-order valence-electron chi connectivity index (χ0n) is 5.95. The van der Waals surface area contributed by atoms with E-state index in [1.54, 1.807) is 6.08 Å². The number of ketones is 1. The van der Waals surface area contributed by atoms with Crippen LogP contribution in [0.15, 0.2) is 24.0 Å². The number of fused-ring (bicyclic) bond motifs is 1. The van der Waals surface area contributed by atoms with E-state index < -0.39 is 0 Å². The van der Waals surface area contributed by atoms with E-state index in [1.807, 2.05) is 6.08 Å². The molecule has 3 nitrogen and oxygen atoms in total. The number of carbonyl (C=O) groups excluding carboxylic acids is 1. The van der Waals surface area contributed by atoms with Crippen LogP contribution in [0.25, 0.3) is 0 Å². The van der Waals surface area contributed by atoms with Gasteiger partial charge in [0.05, 0.1) is 6.61 Å². The van der Waals surface area contributed by atoms with Gasteiger partial charge < -0.3 is 9.47 Å². The number of ether oxygens (including phenoxy) is 2. The standard InChI is InChI=1S/C8H8O3/c9-6-3-1-2-4-10-8-7(5-6)11-8/h1,3,5,8H,2,4H2. The first kappa shape index (κ1) is 6.61. The molecule has 3 heteroatoms. The summed E-state index contributed by atoms with van der Waals surface area (Å²) in [6.45, 7) is 0.617. The average Bonchev–Trinajstić information content (AvgIpc) is 2.66. The van der Waals surface area contributed by atoms with Crippen molar-refractivity contribution in [1.82, 2.24) is 0 Å². The lowest BCUT2D eigenvalue weighted by molar-refractivity contribution is -0.110. The molecular weight excluding hydrogens is 144 g/mol. The maximum absolute atomic E-state index is 10.9. The first-order valence-electron chi connectivity index (χ1n) is 3.56. The Balaban J connectivity index is 2.12. The lowest BCUT2D eigenvalue weighted by atomic mass is 10.3. The van der Waals surface area contributed by atoms with Gasteiger partial charge in [0, 0.05) is 6.08 Å². The molecule has 0 spiro atoms.